The number of para-hydroxylation sites is 1. The topological polar surface area (TPSA) is 112 Å². The van der Waals surface area contributed by atoms with Crippen LogP contribution in [0.15, 0.2) is 47.8 Å². The van der Waals surface area contributed by atoms with Crippen molar-refractivity contribution in [1.82, 2.24) is 24.3 Å². The van der Waals surface area contributed by atoms with Gasteiger partial charge in [0.15, 0.2) is 0 Å². The Hall–Kier alpha value is -3.31. The Morgan fingerprint density at radius 3 is 2.74 bits per heavy atom. The molecule has 0 saturated heterocycles. The molecule has 0 spiro atoms. The molecule has 0 saturated carbocycles. The van der Waals surface area contributed by atoms with Crippen molar-refractivity contribution in [3.63, 3.8) is 0 Å². The number of carbonyl (C=O) groups is 1. The van der Waals surface area contributed by atoms with Crippen LogP contribution >= 0.6 is 0 Å². The summed E-state index contributed by atoms with van der Waals surface area (Å²) in [5.41, 5.74) is 3.32. The van der Waals surface area contributed by atoms with E-state index >= 15 is 0 Å². The van der Waals surface area contributed by atoms with Crippen molar-refractivity contribution >= 4 is 30.1 Å². The normalized spacial score (nSPS) is 18.1. The second kappa shape index (κ2) is 9.71. The van der Waals surface area contributed by atoms with Crippen LogP contribution in [-0.4, -0.2) is 48.7 Å². The van der Waals surface area contributed by atoms with E-state index in [0.717, 1.165) is 46.8 Å². The summed E-state index contributed by atoms with van der Waals surface area (Å²) in [6.07, 6.45) is 5.51. The molecular formula is C29H33GeN5O4. The first-order valence-corrected chi connectivity index (χ1v) is 20.8. The van der Waals surface area contributed by atoms with Gasteiger partial charge in [-0.3, -0.25) is 0 Å². The molecule has 1 aromatic carbocycles. The van der Waals surface area contributed by atoms with E-state index in [1.807, 2.05) is 22.9 Å². The number of cyclic esters (lactones) is 1. The zero-order valence-electron chi connectivity index (χ0n) is 22.6. The Kier molecular flexibility index (Phi) is 6.46. The predicted molar refractivity (Wildman–Crippen MR) is 150 cm³/mol. The molecule has 10 heteroatoms. The maximum atomic E-state index is 13.7. The van der Waals surface area contributed by atoms with Gasteiger partial charge in [0, 0.05) is 0 Å². The van der Waals surface area contributed by atoms with Gasteiger partial charge in [-0.15, -0.1) is 0 Å². The summed E-state index contributed by atoms with van der Waals surface area (Å²) < 4.78 is 8.86. The molecule has 1 atom stereocenters. The number of aromatic nitrogens is 5. The van der Waals surface area contributed by atoms with Crippen molar-refractivity contribution in [3.8, 4) is 11.4 Å². The van der Waals surface area contributed by atoms with Crippen LogP contribution in [0.2, 0.25) is 22.0 Å². The molecule has 202 valence electrons. The molecular weight excluding hydrogens is 555 g/mol. The Labute approximate surface area is 229 Å². The summed E-state index contributed by atoms with van der Waals surface area (Å²) in [6, 6.07) is 9.97. The second-order valence-corrected chi connectivity index (χ2v) is 22.6. The van der Waals surface area contributed by atoms with Crippen LogP contribution in [0, 0.1) is 0 Å². The molecule has 39 heavy (non-hydrogen) atoms. The number of aryl methyl sites for hydroxylation is 2. The monoisotopic (exact) mass is 589 g/mol. The average Bonchev–Trinajstić information content (AvgIpc) is 3.57. The van der Waals surface area contributed by atoms with Crippen LogP contribution in [0.1, 0.15) is 42.0 Å². The number of benzene rings is 1. The number of rotatable bonds is 8. The number of fused-ring (bicyclic) bond motifs is 5. The summed E-state index contributed by atoms with van der Waals surface area (Å²) in [5, 5.41) is 18.9. The number of aliphatic hydroxyl groups is 1. The van der Waals surface area contributed by atoms with E-state index in [1.54, 1.807) is 30.2 Å². The molecule has 2 aliphatic heterocycles. The fraction of sp³-hybridized carbons (Fsp3) is 0.414. The number of carbonyl (C=O) groups excluding carboxylic acids is 1. The molecule has 0 unspecified atom stereocenters. The van der Waals surface area contributed by atoms with Crippen LogP contribution in [-0.2, 0) is 41.2 Å². The molecule has 6 rings (SSSR count). The van der Waals surface area contributed by atoms with Gasteiger partial charge in [0.1, 0.15) is 0 Å². The SMILES string of the molecule is CC[C@@]1(O)C(=O)OCc2c1cc1n(c2=O)Cc2c-1nc1ccccc1c2C[CH2][Ge]([CH3])([CH3])[CH2]CCn1cncn1. The first-order valence-electron chi connectivity index (χ1n) is 13.6. The molecule has 0 amide bonds. The Balaban J connectivity index is 1.37. The predicted octanol–water partition coefficient (Wildman–Crippen LogP) is 4.01. The van der Waals surface area contributed by atoms with Crippen LogP contribution in [0.25, 0.3) is 22.3 Å². The van der Waals surface area contributed by atoms with Crippen molar-refractivity contribution in [3.05, 3.63) is 75.6 Å². The van der Waals surface area contributed by atoms with Crippen molar-refractivity contribution in [2.75, 3.05) is 0 Å². The molecule has 0 aliphatic carbocycles. The van der Waals surface area contributed by atoms with E-state index in [2.05, 4.69) is 27.7 Å². The van der Waals surface area contributed by atoms with E-state index in [1.165, 1.54) is 10.8 Å². The van der Waals surface area contributed by atoms with Crippen molar-refractivity contribution < 1.29 is 14.6 Å². The minimum absolute atomic E-state index is 0.120. The molecule has 2 aliphatic rings. The number of nitrogens with zero attached hydrogens (tertiary/aromatic N) is 5. The summed E-state index contributed by atoms with van der Waals surface area (Å²) in [4.78, 5) is 35.2. The Bertz CT molecular complexity index is 1650. The first kappa shape index (κ1) is 25.9. The fourth-order valence-electron chi connectivity index (χ4n) is 6.05. The Morgan fingerprint density at radius 2 is 1.97 bits per heavy atom. The van der Waals surface area contributed by atoms with Gasteiger partial charge in [0.25, 0.3) is 0 Å². The first-order chi connectivity index (χ1) is 18.7. The number of pyridine rings is 2. The zero-order chi connectivity index (χ0) is 27.4. The van der Waals surface area contributed by atoms with Crippen molar-refractivity contribution in [1.29, 1.82) is 0 Å². The molecule has 5 heterocycles. The summed E-state index contributed by atoms with van der Waals surface area (Å²) in [6.45, 7) is 2.92. The van der Waals surface area contributed by atoms with Crippen molar-refractivity contribution in [2.24, 2.45) is 0 Å². The average molecular weight is 588 g/mol. The van der Waals surface area contributed by atoms with E-state index in [-0.39, 0.29) is 18.6 Å². The summed E-state index contributed by atoms with van der Waals surface area (Å²) >= 11 is -2.09. The zero-order valence-corrected chi connectivity index (χ0v) is 24.7. The van der Waals surface area contributed by atoms with Crippen LogP contribution in [0.3, 0.4) is 0 Å². The van der Waals surface area contributed by atoms with E-state index in [4.69, 9.17) is 9.72 Å². The standard InChI is InChI=1S/C29H33GeN5O4/c1-4-29(38)23-14-25-26-21(15-35(25)27(36)22(23)16-39-28(29)37)19(20-8-5-6-9-24(20)33-26)10-12-30(2,3)11-7-13-34-18-31-17-32-34/h5-6,8-9,14,17-18,38H,4,7,10-13,15-16H2,1-3H3/t29-/m0/s1. The summed E-state index contributed by atoms with van der Waals surface area (Å²) in [7, 11) is 0. The second-order valence-electron chi connectivity index (χ2n) is 11.5. The van der Waals surface area contributed by atoms with Crippen LogP contribution in [0.4, 0.5) is 0 Å². The quantitative estimate of drug-likeness (QED) is 0.216. The van der Waals surface area contributed by atoms with Gasteiger partial charge < -0.3 is 0 Å². The third-order valence-electron chi connectivity index (χ3n) is 8.47. The number of ether oxygens (including phenoxy) is 1. The molecule has 0 fully saturated rings. The van der Waals surface area contributed by atoms with E-state index < -0.39 is 24.8 Å². The van der Waals surface area contributed by atoms with Gasteiger partial charge >= 0.3 is 230 Å². The molecule has 0 bridgehead atoms. The van der Waals surface area contributed by atoms with Gasteiger partial charge in [-0.2, -0.15) is 0 Å². The van der Waals surface area contributed by atoms with E-state index in [0.29, 0.717) is 23.4 Å². The maximum absolute atomic E-state index is 13.7. The van der Waals surface area contributed by atoms with Gasteiger partial charge in [-0.05, 0) is 0 Å². The van der Waals surface area contributed by atoms with Gasteiger partial charge in [-0.25, -0.2) is 0 Å². The minimum atomic E-state index is -2.09. The molecule has 3 aromatic heterocycles. The van der Waals surface area contributed by atoms with E-state index in [9.17, 15) is 14.7 Å². The van der Waals surface area contributed by atoms with Gasteiger partial charge in [0.2, 0.25) is 0 Å². The third-order valence-corrected chi connectivity index (χ3v) is 15.4. The third kappa shape index (κ3) is 4.41. The van der Waals surface area contributed by atoms with Crippen LogP contribution in [0.5, 0.6) is 0 Å². The molecule has 1 N–H and O–H groups in total. The van der Waals surface area contributed by atoms with Crippen molar-refractivity contribution in [2.45, 2.75) is 73.5 Å². The molecule has 0 radical (unpaired) electrons. The number of esters is 1. The molecule has 4 aromatic rings. The summed E-state index contributed by atoms with van der Waals surface area (Å²) in [5.74, 6) is 4.27. The molecule has 9 nitrogen and oxygen atoms in total. The van der Waals surface area contributed by atoms with Gasteiger partial charge in [-0.1, -0.05) is 0 Å². The van der Waals surface area contributed by atoms with Crippen LogP contribution < -0.4 is 5.56 Å². The Morgan fingerprint density at radius 1 is 1.15 bits per heavy atom. The fourth-order valence-corrected chi connectivity index (χ4v) is 10.9. The van der Waals surface area contributed by atoms with Gasteiger partial charge in [0.05, 0.1) is 0 Å². The number of hydrogen-bond donors (Lipinski definition) is 1. The number of hydrogen-bond acceptors (Lipinski definition) is 7.